The fraction of sp³-hybridized carbons (Fsp3) is 0.690. The Morgan fingerprint density at radius 3 is 2.27 bits per heavy atom. The van der Waals surface area contributed by atoms with E-state index < -0.39 is 99.7 Å². The van der Waals surface area contributed by atoms with E-state index in [-0.39, 0.29) is 18.6 Å². The Balaban J connectivity index is 1.23. The number of esters is 3. The van der Waals surface area contributed by atoms with Gasteiger partial charge in [0.25, 0.3) is 0 Å². The molecule has 236 valence electrons. The maximum Gasteiger partial charge on any atom is 0.442 e. The largest absolute Gasteiger partial charge is 0.459 e. The van der Waals surface area contributed by atoms with Crippen LogP contribution in [0.3, 0.4) is 0 Å². The van der Waals surface area contributed by atoms with Crippen molar-refractivity contribution in [1.29, 1.82) is 0 Å². The third-order valence-electron chi connectivity index (χ3n) is 11.4. The monoisotopic (exact) mass is 622 g/mol. The highest BCUT2D eigenvalue weighted by Gasteiger charge is 3.04. The van der Waals surface area contributed by atoms with Crippen LogP contribution in [-0.2, 0) is 50.3 Å². The van der Waals surface area contributed by atoms with Crippen molar-refractivity contribution in [3.8, 4) is 0 Å². The first-order valence-corrected chi connectivity index (χ1v) is 14.4. The molecule has 2 spiro atoms. The van der Waals surface area contributed by atoms with E-state index >= 15 is 0 Å². The Morgan fingerprint density at radius 1 is 1.02 bits per heavy atom. The molecule has 1 aromatic carbocycles. The molecule has 0 aromatic heterocycles. The van der Waals surface area contributed by atoms with Gasteiger partial charge < -0.3 is 33.9 Å². The van der Waals surface area contributed by atoms with Crippen LogP contribution in [0.15, 0.2) is 34.5 Å². The highest BCUT2D eigenvalue weighted by Crippen LogP contribution is 2.84. The highest BCUT2D eigenvalue weighted by molar-refractivity contribution is 5.94. The van der Waals surface area contributed by atoms with Crippen LogP contribution in [0.25, 0.3) is 0 Å². The molecule has 5 heterocycles. The molecule has 44 heavy (non-hydrogen) atoms. The maximum absolute atomic E-state index is 13.9. The van der Waals surface area contributed by atoms with Crippen LogP contribution >= 0.6 is 0 Å². The van der Waals surface area contributed by atoms with Gasteiger partial charge in [-0.3, -0.25) is 4.79 Å². The van der Waals surface area contributed by atoms with Crippen LogP contribution in [0.5, 0.6) is 0 Å². The summed E-state index contributed by atoms with van der Waals surface area (Å²) in [5, 5.41) is 30.8. The first-order chi connectivity index (χ1) is 20.5. The summed E-state index contributed by atoms with van der Waals surface area (Å²) in [4.78, 5) is 40.2. The van der Waals surface area contributed by atoms with E-state index in [2.05, 4.69) is 10.2 Å². The third kappa shape index (κ3) is 2.62. The molecule has 1 aromatic rings. The topological polar surface area (TPSA) is 163 Å². The lowest BCUT2D eigenvalue weighted by molar-refractivity contribution is -0.240. The molecule has 0 amide bonds. The number of aliphatic hydroxyl groups is 2. The van der Waals surface area contributed by atoms with E-state index in [1.807, 2.05) is 20.8 Å². The van der Waals surface area contributed by atoms with Gasteiger partial charge in [0.1, 0.15) is 12.2 Å². The first kappa shape index (κ1) is 28.3. The van der Waals surface area contributed by atoms with Crippen LogP contribution < -0.4 is 0 Å². The Labute approximate surface area is 247 Å². The van der Waals surface area contributed by atoms with Crippen molar-refractivity contribution < 1.29 is 61.5 Å². The average Bonchev–Trinajstić information content (AvgIpc) is 3.33. The van der Waals surface area contributed by atoms with Crippen molar-refractivity contribution in [1.82, 2.24) is 0 Å². The number of fused-ring (bicyclic) bond motifs is 1. The average molecular weight is 623 g/mol. The number of hydrogen-bond acceptors (Lipinski definition) is 12. The minimum atomic E-state index is -4.70. The smallest absolute Gasteiger partial charge is 0.442 e. The highest BCUT2D eigenvalue weighted by atomic mass is 19.4. The van der Waals surface area contributed by atoms with Crippen LogP contribution in [0.2, 0.25) is 0 Å². The maximum atomic E-state index is 13.9. The predicted molar refractivity (Wildman–Crippen MR) is 134 cm³/mol. The van der Waals surface area contributed by atoms with Crippen molar-refractivity contribution in [2.45, 2.75) is 94.5 Å². The number of benzene rings is 1. The fourth-order valence-electron chi connectivity index (χ4n) is 9.75. The minimum Gasteiger partial charge on any atom is -0.459 e. The standard InChI is InChI=1S/C29H29F3N2O10/c1-11-19(36)42-17-16(35)25-15-9-14(23(2,3)4)24(25)18(20(37)43-22(24)44-27(25,21(38)41-15)26(11,17)39)40-10-12-5-7-13(8-6-12)28(33-34-28)29(30,31)32/h5-8,11,14-18,22,35,39H,9-10H2,1-4H3/t11-,14+,15-,16+,17+,18+,22+,24-,25-,26-,27-/m1/s1. The lowest BCUT2D eigenvalue weighted by atomic mass is 9.51. The Hall–Kier alpha value is -3.14. The molecule has 0 radical (unpaired) electrons. The number of rotatable bonds is 4. The quantitative estimate of drug-likeness (QED) is 0.375. The summed E-state index contributed by atoms with van der Waals surface area (Å²) in [5.41, 5.74) is -11.1. The molecule has 4 saturated heterocycles. The van der Waals surface area contributed by atoms with Gasteiger partial charge in [0, 0.05) is 5.56 Å². The zero-order valence-corrected chi connectivity index (χ0v) is 24.0. The predicted octanol–water partition coefficient (Wildman–Crippen LogP) is 2.04. The van der Waals surface area contributed by atoms with Gasteiger partial charge in [-0.2, -0.15) is 13.2 Å². The molecule has 12 nitrogen and oxygen atoms in total. The molecule has 2 N–H and O–H groups in total. The van der Waals surface area contributed by atoms with Crippen LogP contribution in [0, 0.1) is 28.1 Å². The van der Waals surface area contributed by atoms with Gasteiger partial charge in [-0.15, -0.1) is 10.2 Å². The van der Waals surface area contributed by atoms with Crippen molar-refractivity contribution in [2.24, 2.45) is 38.3 Å². The zero-order valence-electron chi connectivity index (χ0n) is 24.0. The van der Waals surface area contributed by atoms with E-state index in [0.717, 1.165) is 0 Å². The van der Waals surface area contributed by atoms with Gasteiger partial charge in [0.05, 0.1) is 23.4 Å². The molecule has 0 unspecified atom stereocenters. The molecular formula is C29H29F3N2O10. The first-order valence-electron chi connectivity index (χ1n) is 14.4. The van der Waals surface area contributed by atoms with E-state index in [0.29, 0.717) is 5.56 Å². The van der Waals surface area contributed by atoms with E-state index in [9.17, 15) is 37.8 Å². The normalized spacial score (nSPS) is 47.2. The SMILES string of the molecule is C[C@@H]1C(=O)O[C@H]2[C@H](O)[C@]34[C@H]5C[C@@H](C(C)(C)C)[C@@]36[C@@H](OC(=O)[C@@H]6OCc3ccc(C6(C(F)(F)F)N=N6)cc3)O[C@@]4(C(=O)O5)[C@@]12O. The fourth-order valence-corrected chi connectivity index (χ4v) is 9.75. The van der Waals surface area contributed by atoms with E-state index in [4.69, 9.17) is 23.7 Å². The summed E-state index contributed by atoms with van der Waals surface area (Å²) in [6.45, 7) is 6.83. The molecule has 6 fully saturated rings. The number of hydrogen-bond donors (Lipinski definition) is 2. The molecule has 5 aliphatic heterocycles. The van der Waals surface area contributed by atoms with E-state index in [1.54, 1.807) is 0 Å². The van der Waals surface area contributed by atoms with Gasteiger partial charge in [-0.05, 0) is 30.2 Å². The molecule has 15 heteroatoms. The summed E-state index contributed by atoms with van der Waals surface area (Å²) in [7, 11) is 0. The lowest BCUT2D eigenvalue weighted by Crippen LogP contribution is -2.67. The van der Waals surface area contributed by atoms with Gasteiger partial charge >= 0.3 is 29.7 Å². The van der Waals surface area contributed by atoms with Crippen LogP contribution in [0.1, 0.15) is 45.2 Å². The van der Waals surface area contributed by atoms with Crippen LogP contribution in [-0.4, -0.2) is 76.2 Å². The number of carbonyl (C=O) groups excluding carboxylic acids is 3. The number of halogens is 3. The molecule has 8 rings (SSSR count). The van der Waals surface area contributed by atoms with Gasteiger partial charge in [0.15, 0.2) is 17.8 Å². The lowest BCUT2D eigenvalue weighted by Gasteiger charge is -2.48. The molecule has 2 saturated carbocycles. The van der Waals surface area contributed by atoms with Gasteiger partial charge in [0.2, 0.25) is 11.9 Å². The summed E-state index contributed by atoms with van der Waals surface area (Å²) in [6, 6.07) is 5.25. The Bertz CT molecular complexity index is 1550. The van der Waals surface area contributed by atoms with Gasteiger partial charge in [-0.25, -0.2) is 9.59 Å². The number of carbonyl (C=O) groups is 3. The Morgan fingerprint density at radius 2 is 1.68 bits per heavy atom. The van der Waals surface area contributed by atoms with Crippen molar-refractivity contribution >= 4 is 17.9 Å². The number of alkyl halides is 3. The molecule has 11 atom stereocenters. The summed E-state index contributed by atoms with van der Waals surface area (Å²) in [5.74, 6) is -4.50. The third-order valence-corrected chi connectivity index (χ3v) is 11.4. The molecule has 2 aliphatic carbocycles. The second-order valence-electron chi connectivity index (χ2n) is 14.0. The van der Waals surface area contributed by atoms with Gasteiger partial charge in [-0.1, -0.05) is 45.0 Å². The zero-order chi connectivity index (χ0) is 31.6. The summed E-state index contributed by atoms with van der Waals surface area (Å²) in [6.07, 6.45) is -11.8. The molecule has 0 bridgehead atoms. The number of aliphatic hydroxyl groups excluding tert-OH is 1. The second kappa shape index (κ2) is 7.80. The molecule has 7 aliphatic rings. The van der Waals surface area contributed by atoms with Crippen LogP contribution in [0.4, 0.5) is 13.2 Å². The van der Waals surface area contributed by atoms with Crippen molar-refractivity contribution in [3.63, 3.8) is 0 Å². The number of nitrogens with zero attached hydrogens (tertiary/aromatic N) is 2. The van der Waals surface area contributed by atoms with Crippen molar-refractivity contribution in [3.05, 3.63) is 35.4 Å². The molecular weight excluding hydrogens is 593 g/mol. The number of ether oxygens (including phenoxy) is 5. The van der Waals surface area contributed by atoms with E-state index in [1.165, 1.54) is 31.2 Å². The summed E-state index contributed by atoms with van der Waals surface area (Å²) >= 11 is 0. The Kier molecular flexibility index (Phi) is 5.02. The van der Waals surface area contributed by atoms with Crippen molar-refractivity contribution in [2.75, 3.05) is 0 Å². The minimum absolute atomic E-state index is 0.163. The second-order valence-corrected chi connectivity index (χ2v) is 14.0. The summed E-state index contributed by atoms with van der Waals surface area (Å²) < 4.78 is 70.2.